The largest absolute Gasteiger partial charge is 0.394 e. The fourth-order valence-corrected chi connectivity index (χ4v) is 3.59. The molecule has 0 spiro atoms. The van der Waals surface area contributed by atoms with Gasteiger partial charge in [-0.25, -0.2) is 4.98 Å². The van der Waals surface area contributed by atoms with E-state index in [0.717, 1.165) is 21.9 Å². The van der Waals surface area contributed by atoms with Crippen LogP contribution in [0.2, 0.25) is 0 Å². The summed E-state index contributed by atoms with van der Waals surface area (Å²) < 4.78 is 0. The quantitative estimate of drug-likeness (QED) is 0.624. The molecule has 1 heterocycles. The van der Waals surface area contributed by atoms with Gasteiger partial charge in [-0.2, -0.15) is 0 Å². The van der Waals surface area contributed by atoms with E-state index in [1.54, 1.807) is 12.3 Å². The van der Waals surface area contributed by atoms with E-state index in [1.165, 1.54) is 0 Å². The van der Waals surface area contributed by atoms with E-state index >= 15 is 0 Å². The number of nitrogens with zero attached hydrogens (tertiary/aromatic N) is 1. The van der Waals surface area contributed by atoms with Gasteiger partial charge >= 0.3 is 0 Å². The number of pyridine rings is 1. The van der Waals surface area contributed by atoms with Crippen molar-refractivity contribution in [3.05, 3.63) is 72.4 Å². The van der Waals surface area contributed by atoms with E-state index in [2.05, 4.69) is 10.3 Å². The minimum absolute atomic E-state index is 0.0845. The van der Waals surface area contributed by atoms with Gasteiger partial charge in [0.1, 0.15) is 5.82 Å². The van der Waals surface area contributed by atoms with Crippen LogP contribution in [0.25, 0.3) is 21.9 Å². The predicted octanol–water partition coefficient (Wildman–Crippen LogP) is 3.29. The third kappa shape index (κ3) is 3.17. The highest BCUT2D eigenvalue weighted by Crippen LogP contribution is 2.31. The Morgan fingerprint density at radius 2 is 1.81 bits per heavy atom. The first-order valence-corrected chi connectivity index (χ1v) is 8.94. The summed E-state index contributed by atoms with van der Waals surface area (Å²) in [6.45, 7) is -0.0845. The molecule has 1 aromatic heterocycles. The van der Waals surface area contributed by atoms with Crippen molar-refractivity contribution in [1.82, 2.24) is 10.3 Å². The Hall–Kier alpha value is -3.18. The summed E-state index contributed by atoms with van der Waals surface area (Å²) in [5, 5.41) is 14.6. The number of nitrogen functional groups attached to an aromatic ring is 1. The molecule has 4 N–H and O–H groups in total. The molecule has 5 nitrogen and oxygen atoms in total. The third-order valence-corrected chi connectivity index (χ3v) is 5.13. The molecular weight excluding hydrogens is 338 g/mol. The van der Waals surface area contributed by atoms with Crippen LogP contribution in [0.4, 0.5) is 5.82 Å². The topological polar surface area (TPSA) is 88.2 Å². The molecule has 5 heteroatoms. The summed E-state index contributed by atoms with van der Waals surface area (Å²) >= 11 is 0. The molecule has 4 rings (SSSR count). The van der Waals surface area contributed by atoms with Crippen molar-refractivity contribution >= 4 is 22.5 Å². The highest BCUT2D eigenvalue weighted by molar-refractivity contribution is 6.11. The zero-order valence-electron chi connectivity index (χ0n) is 14.9. The van der Waals surface area contributed by atoms with E-state index in [9.17, 15) is 9.90 Å². The van der Waals surface area contributed by atoms with Gasteiger partial charge in [0.25, 0.3) is 5.91 Å². The monoisotopic (exact) mass is 359 g/mol. The summed E-state index contributed by atoms with van der Waals surface area (Å²) in [6, 6.07) is 15.3. The Morgan fingerprint density at radius 1 is 1.07 bits per heavy atom. The lowest BCUT2D eigenvalue weighted by molar-refractivity contribution is 0.0847. The molecule has 3 aromatic rings. The number of aliphatic hydroxyl groups excluding tert-OH is 1. The summed E-state index contributed by atoms with van der Waals surface area (Å²) in [5.41, 5.74) is 7.63. The molecule has 0 radical (unpaired) electrons. The molecule has 0 saturated carbocycles. The van der Waals surface area contributed by atoms with E-state index in [0.29, 0.717) is 24.2 Å². The molecular formula is C22H21N3O2. The van der Waals surface area contributed by atoms with Crippen LogP contribution in [-0.4, -0.2) is 28.1 Å². The molecule has 0 unspecified atom stereocenters. The van der Waals surface area contributed by atoms with Gasteiger partial charge in [0.2, 0.25) is 0 Å². The second-order valence-corrected chi connectivity index (χ2v) is 6.95. The number of hydrogen-bond acceptors (Lipinski definition) is 4. The van der Waals surface area contributed by atoms with Gasteiger partial charge in [-0.05, 0) is 47.4 Å². The number of benzene rings is 2. The maximum Gasteiger partial charge on any atom is 0.252 e. The number of amides is 1. The van der Waals surface area contributed by atoms with Crippen LogP contribution in [0.1, 0.15) is 23.2 Å². The molecule has 0 saturated heterocycles. The SMILES string of the molecule is Nc1ccc(-c2ccc(C(=O)NC3(CO)CC=CC3)c3ccccc23)cn1. The molecule has 1 amide bonds. The van der Waals surface area contributed by atoms with Gasteiger partial charge < -0.3 is 16.2 Å². The van der Waals surface area contributed by atoms with Crippen molar-refractivity contribution in [2.75, 3.05) is 12.3 Å². The smallest absolute Gasteiger partial charge is 0.252 e. The lowest BCUT2D eigenvalue weighted by Gasteiger charge is -2.28. The van der Waals surface area contributed by atoms with E-state index in [4.69, 9.17) is 5.73 Å². The van der Waals surface area contributed by atoms with Gasteiger partial charge in [-0.3, -0.25) is 4.79 Å². The average Bonchev–Trinajstić information content (AvgIpc) is 3.17. The number of aliphatic hydroxyl groups is 1. The maximum atomic E-state index is 13.0. The Kier molecular flexibility index (Phi) is 4.38. The molecule has 2 aromatic carbocycles. The fraction of sp³-hybridized carbons (Fsp3) is 0.182. The van der Waals surface area contributed by atoms with Crippen LogP contribution in [0.3, 0.4) is 0 Å². The minimum Gasteiger partial charge on any atom is -0.394 e. The first-order valence-electron chi connectivity index (χ1n) is 8.94. The summed E-state index contributed by atoms with van der Waals surface area (Å²) in [5.74, 6) is 0.296. The Balaban J connectivity index is 1.76. The molecule has 0 fully saturated rings. The second kappa shape index (κ2) is 6.85. The van der Waals surface area contributed by atoms with Crippen LogP contribution in [0.15, 0.2) is 66.9 Å². The summed E-state index contributed by atoms with van der Waals surface area (Å²) in [4.78, 5) is 17.2. The van der Waals surface area contributed by atoms with Crippen LogP contribution in [0.5, 0.6) is 0 Å². The number of carbonyl (C=O) groups is 1. The molecule has 0 aliphatic heterocycles. The van der Waals surface area contributed by atoms with E-state index < -0.39 is 5.54 Å². The van der Waals surface area contributed by atoms with Crippen molar-refractivity contribution in [3.63, 3.8) is 0 Å². The normalized spacial score (nSPS) is 15.1. The van der Waals surface area contributed by atoms with Crippen LogP contribution in [0, 0.1) is 0 Å². The maximum absolute atomic E-state index is 13.0. The number of rotatable bonds is 4. The zero-order chi connectivity index (χ0) is 18.9. The fourth-order valence-electron chi connectivity index (χ4n) is 3.59. The van der Waals surface area contributed by atoms with Gasteiger partial charge in [0.05, 0.1) is 12.1 Å². The molecule has 1 aliphatic carbocycles. The van der Waals surface area contributed by atoms with Crippen molar-refractivity contribution in [1.29, 1.82) is 0 Å². The number of aromatic nitrogens is 1. The van der Waals surface area contributed by atoms with Crippen molar-refractivity contribution < 1.29 is 9.90 Å². The lowest BCUT2D eigenvalue weighted by Crippen LogP contribution is -2.49. The second-order valence-electron chi connectivity index (χ2n) is 6.95. The Bertz CT molecular complexity index is 1020. The van der Waals surface area contributed by atoms with Crippen LogP contribution >= 0.6 is 0 Å². The van der Waals surface area contributed by atoms with Crippen molar-refractivity contribution in [3.8, 4) is 11.1 Å². The van der Waals surface area contributed by atoms with Gasteiger partial charge in [-0.15, -0.1) is 0 Å². The van der Waals surface area contributed by atoms with Gasteiger partial charge in [0, 0.05) is 17.3 Å². The van der Waals surface area contributed by atoms with Crippen LogP contribution < -0.4 is 11.1 Å². The molecule has 1 aliphatic rings. The zero-order valence-corrected chi connectivity index (χ0v) is 14.9. The van der Waals surface area contributed by atoms with E-state index in [-0.39, 0.29) is 12.5 Å². The predicted molar refractivity (Wildman–Crippen MR) is 107 cm³/mol. The first-order chi connectivity index (χ1) is 13.1. The number of hydrogen-bond donors (Lipinski definition) is 3. The third-order valence-electron chi connectivity index (χ3n) is 5.13. The molecule has 27 heavy (non-hydrogen) atoms. The number of anilines is 1. The van der Waals surface area contributed by atoms with Crippen molar-refractivity contribution in [2.45, 2.75) is 18.4 Å². The number of fused-ring (bicyclic) bond motifs is 1. The van der Waals surface area contributed by atoms with Crippen LogP contribution in [-0.2, 0) is 0 Å². The number of carbonyl (C=O) groups excluding carboxylic acids is 1. The molecule has 136 valence electrons. The Labute approximate surface area is 157 Å². The van der Waals surface area contributed by atoms with Crippen molar-refractivity contribution in [2.24, 2.45) is 0 Å². The van der Waals surface area contributed by atoms with Gasteiger partial charge in [-0.1, -0.05) is 42.5 Å². The number of nitrogens with one attached hydrogen (secondary N) is 1. The van der Waals surface area contributed by atoms with Gasteiger partial charge in [0.15, 0.2) is 0 Å². The summed E-state index contributed by atoms with van der Waals surface area (Å²) in [7, 11) is 0. The average molecular weight is 359 g/mol. The highest BCUT2D eigenvalue weighted by atomic mass is 16.3. The standard InChI is InChI=1S/C22H21N3O2/c23-20-10-7-15(13-24-20)16-8-9-19(18-6-2-1-5-17(16)18)21(27)25-22(14-26)11-3-4-12-22/h1-10,13,26H,11-12,14H2,(H2,23,24)(H,25,27). The molecule has 0 bridgehead atoms. The van der Waals surface area contributed by atoms with E-state index in [1.807, 2.05) is 54.6 Å². The minimum atomic E-state index is -0.599. The summed E-state index contributed by atoms with van der Waals surface area (Å²) in [6.07, 6.45) is 7.00. The lowest BCUT2D eigenvalue weighted by atomic mass is 9.93. The molecule has 0 atom stereocenters. The Morgan fingerprint density at radius 3 is 2.48 bits per heavy atom. The number of nitrogens with two attached hydrogens (primary N) is 1. The highest BCUT2D eigenvalue weighted by Gasteiger charge is 2.32. The first kappa shape index (κ1) is 17.2.